The zero-order valence-electron chi connectivity index (χ0n) is 9.32. The molecule has 5 heteroatoms. The fourth-order valence-electron chi connectivity index (χ4n) is 2.55. The Hall–Kier alpha value is -0.130. The predicted molar refractivity (Wildman–Crippen MR) is 58.3 cm³/mol. The summed E-state index contributed by atoms with van der Waals surface area (Å²) in [6, 6.07) is 0.369. The molecule has 2 aliphatic heterocycles. The maximum atomic E-state index is 11.3. The van der Waals surface area contributed by atoms with Crippen molar-refractivity contribution in [2.75, 3.05) is 18.1 Å². The van der Waals surface area contributed by atoms with Crippen molar-refractivity contribution in [2.24, 2.45) is 5.92 Å². The van der Waals surface area contributed by atoms with Gasteiger partial charge in [-0.15, -0.1) is 0 Å². The summed E-state index contributed by atoms with van der Waals surface area (Å²) in [5.41, 5.74) is -0.310. The first-order chi connectivity index (χ1) is 6.91. The summed E-state index contributed by atoms with van der Waals surface area (Å²) in [5.74, 6) is 0.949. The van der Waals surface area contributed by atoms with Crippen LogP contribution in [0, 0.1) is 5.92 Å². The van der Waals surface area contributed by atoms with Gasteiger partial charge in [-0.2, -0.15) is 0 Å². The fraction of sp³-hybridized carbons (Fsp3) is 1.00. The second-order valence-corrected chi connectivity index (χ2v) is 7.19. The van der Waals surface area contributed by atoms with Crippen LogP contribution in [0.4, 0.5) is 0 Å². The second kappa shape index (κ2) is 3.71. The molecular weight excluding hydrogens is 214 g/mol. The molecule has 2 aliphatic rings. The molecule has 2 heterocycles. The Kier molecular flexibility index (Phi) is 2.81. The molecule has 0 aromatic carbocycles. The average molecular weight is 233 g/mol. The number of hydrogen-bond acceptors (Lipinski definition) is 4. The summed E-state index contributed by atoms with van der Waals surface area (Å²) >= 11 is 0. The van der Waals surface area contributed by atoms with Gasteiger partial charge in [0.1, 0.15) is 15.6 Å². The highest BCUT2D eigenvalue weighted by Crippen LogP contribution is 2.33. The standard InChI is InChI=1S/C10H19NO3S/c1-8-7-14-10(2,11-8)9-3-5-15(12,13)6-4-9/h8-9,11H,3-7H2,1-2H3. The molecule has 0 aliphatic carbocycles. The van der Waals surface area contributed by atoms with Crippen molar-refractivity contribution < 1.29 is 13.2 Å². The first kappa shape index (κ1) is 11.4. The van der Waals surface area contributed by atoms with Gasteiger partial charge in [0.25, 0.3) is 0 Å². The summed E-state index contributed by atoms with van der Waals surface area (Å²) in [6.07, 6.45) is 1.44. The number of hydrogen-bond donors (Lipinski definition) is 1. The molecule has 88 valence electrons. The molecule has 4 nitrogen and oxygen atoms in total. The number of ether oxygens (including phenoxy) is 1. The van der Waals surface area contributed by atoms with E-state index in [4.69, 9.17) is 4.74 Å². The molecule has 2 rings (SSSR count). The normalized spacial score (nSPS) is 41.9. The van der Waals surface area contributed by atoms with Crippen LogP contribution in [-0.4, -0.2) is 38.3 Å². The zero-order chi connectivity index (χ0) is 11.1. The highest BCUT2D eigenvalue weighted by Gasteiger charge is 2.42. The first-order valence-electron chi connectivity index (χ1n) is 5.53. The van der Waals surface area contributed by atoms with Crippen LogP contribution in [0.2, 0.25) is 0 Å². The quantitative estimate of drug-likeness (QED) is 0.718. The molecule has 0 amide bonds. The predicted octanol–water partition coefficient (Wildman–Crippen LogP) is 0.536. The van der Waals surface area contributed by atoms with Crippen LogP contribution in [0.5, 0.6) is 0 Å². The van der Waals surface area contributed by atoms with Crippen molar-refractivity contribution in [1.82, 2.24) is 5.32 Å². The molecule has 0 radical (unpaired) electrons. The van der Waals surface area contributed by atoms with Crippen molar-refractivity contribution in [3.05, 3.63) is 0 Å². The van der Waals surface area contributed by atoms with E-state index in [-0.39, 0.29) is 5.72 Å². The largest absolute Gasteiger partial charge is 0.359 e. The molecule has 15 heavy (non-hydrogen) atoms. The van der Waals surface area contributed by atoms with Gasteiger partial charge >= 0.3 is 0 Å². The van der Waals surface area contributed by atoms with Crippen molar-refractivity contribution in [3.8, 4) is 0 Å². The lowest BCUT2D eigenvalue weighted by atomic mass is 9.91. The van der Waals surface area contributed by atoms with Crippen LogP contribution in [-0.2, 0) is 14.6 Å². The Morgan fingerprint density at radius 3 is 2.40 bits per heavy atom. The van der Waals surface area contributed by atoms with E-state index < -0.39 is 9.84 Å². The van der Waals surface area contributed by atoms with Crippen molar-refractivity contribution >= 4 is 9.84 Å². The van der Waals surface area contributed by atoms with E-state index in [0.717, 1.165) is 19.4 Å². The molecule has 2 fully saturated rings. The molecule has 0 aromatic rings. The van der Waals surface area contributed by atoms with E-state index in [1.54, 1.807) is 0 Å². The summed E-state index contributed by atoms with van der Waals surface area (Å²) in [5, 5.41) is 3.41. The smallest absolute Gasteiger partial charge is 0.150 e. The molecule has 2 saturated heterocycles. The Bertz CT molecular complexity index is 327. The third-order valence-corrected chi connectivity index (χ3v) is 5.22. The molecule has 0 aromatic heterocycles. The summed E-state index contributed by atoms with van der Waals surface area (Å²) < 4.78 is 28.4. The number of nitrogens with one attached hydrogen (secondary N) is 1. The minimum Gasteiger partial charge on any atom is -0.359 e. The van der Waals surface area contributed by atoms with Crippen LogP contribution >= 0.6 is 0 Å². The number of rotatable bonds is 1. The highest BCUT2D eigenvalue weighted by atomic mass is 32.2. The maximum Gasteiger partial charge on any atom is 0.150 e. The monoisotopic (exact) mass is 233 g/mol. The lowest BCUT2D eigenvalue weighted by Gasteiger charge is -2.36. The minimum absolute atomic E-state index is 0.310. The van der Waals surface area contributed by atoms with Crippen molar-refractivity contribution in [2.45, 2.75) is 38.5 Å². The Morgan fingerprint density at radius 2 is 1.93 bits per heavy atom. The lowest BCUT2D eigenvalue weighted by Crippen LogP contribution is -2.49. The van der Waals surface area contributed by atoms with Gasteiger partial charge in [0.05, 0.1) is 18.1 Å². The minimum atomic E-state index is -2.77. The molecule has 0 bridgehead atoms. The molecule has 0 saturated carbocycles. The van der Waals surface area contributed by atoms with Gasteiger partial charge in [-0.05, 0) is 26.7 Å². The van der Waals surface area contributed by atoms with E-state index >= 15 is 0 Å². The Balaban J connectivity index is 2.01. The third kappa shape index (κ3) is 2.34. The van der Waals surface area contributed by atoms with E-state index in [2.05, 4.69) is 12.2 Å². The van der Waals surface area contributed by atoms with Gasteiger partial charge in [-0.3, -0.25) is 5.32 Å². The van der Waals surface area contributed by atoms with Crippen molar-refractivity contribution in [3.63, 3.8) is 0 Å². The van der Waals surface area contributed by atoms with Crippen LogP contribution in [0.3, 0.4) is 0 Å². The van der Waals surface area contributed by atoms with Gasteiger partial charge in [0, 0.05) is 12.0 Å². The average Bonchev–Trinajstić information content (AvgIpc) is 2.47. The third-order valence-electron chi connectivity index (χ3n) is 3.50. The molecule has 2 atom stereocenters. The topological polar surface area (TPSA) is 55.4 Å². The van der Waals surface area contributed by atoms with E-state index in [1.165, 1.54) is 0 Å². The maximum absolute atomic E-state index is 11.3. The molecule has 2 unspecified atom stereocenters. The van der Waals surface area contributed by atoms with Gasteiger partial charge in [-0.25, -0.2) is 8.42 Å². The van der Waals surface area contributed by atoms with E-state index in [0.29, 0.717) is 23.5 Å². The summed E-state index contributed by atoms with van der Waals surface area (Å²) in [6.45, 7) is 4.85. The van der Waals surface area contributed by atoms with Crippen LogP contribution in [0.15, 0.2) is 0 Å². The van der Waals surface area contributed by atoms with Gasteiger partial charge in [0.2, 0.25) is 0 Å². The first-order valence-corrected chi connectivity index (χ1v) is 7.35. The van der Waals surface area contributed by atoms with Crippen LogP contribution < -0.4 is 5.32 Å². The molecule has 1 N–H and O–H groups in total. The Morgan fingerprint density at radius 1 is 1.33 bits per heavy atom. The SMILES string of the molecule is CC1COC(C)(C2CCS(=O)(=O)CC2)N1. The summed E-state index contributed by atoms with van der Waals surface area (Å²) in [4.78, 5) is 0. The second-order valence-electron chi connectivity index (χ2n) is 4.89. The van der Waals surface area contributed by atoms with Crippen molar-refractivity contribution in [1.29, 1.82) is 0 Å². The van der Waals surface area contributed by atoms with Crippen LogP contribution in [0.25, 0.3) is 0 Å². The zero-order valence-corrected chi connectivity index (χ0v) is 10.1. The molecule has 0 spiro atoms. The van der Waals surface area contributed by atoms with E-state index in [9.17, 15) is 8.42 Å². The summed E-state index contributed by atoms with van der Waals surface area (Å²) in [7, 11) is -2.77. The fourth-order valence-corrected chi connectivity index (χ4v) is 4.04. The van der Waals surface area contributed by atoms with Gasteiger partial charge in [-0.1, -0.05) is 0 Å². The lowest BCUT2D eigenvalue weighted by molar-refractivity contribution is -0.0461. The molecular formula is C10H19NO3S. The van der Waals surface area contributed by atoms with Crippen LogP contribution in [0.1, 0.15) is 26.7 Å². The van der Waals surface area contributed by atoms with Gasteiger partial charge < -0.3 is 4.74 Å². The Labute approximate surface area is 91.3 Å². The number of sulfone groups is 1. The van der Waals surface area contributed by atoms with Gasteiger partial charge in [0.15, 0.2) is 0 Å². The highest BCUT2D eigenvalue weighted by molar-refractivity contribution is 7.91. The van der Waals surface area contributed by atoms with E-state index in [1.807, 2.05) is 6.92 Å².